The Morgan fingerprint density at radius 1 is 1.38 bits per heavy atom. The summed E-state index contributed by atoms with van der Waals surface area (Å²) in [5, 5.41) is 13.7. The molecule has 2 rings (SSSR count). The van der Waals surface area contributed by atoms with E-state index in [0.29, 0.717) is 23.5 Å². The van der Waals surface area contributed by atoms with E-state index in [4.69, 9.17) is 4.42 Å². The van der Waals surface area contributed by atoms with Crippen LogP contribution in [0.15, 0.2) is 40.0 Å². The molecule has 0 aliphatic rings. The molecule has 6 heteroatoms. The molecule has 0 atom stereocenters. The summed E-state index contributed by atoms with van der Waals surface area (Å²) in [4.78, 5) is 11.9. The number of hydrogen-bond donors (Lipinski definition) is 2. The van der Waals surface area contributed by atoms with Gasteiger partial charge in [0.05, 0.1) is 17.5 Å². The number of aryl methyl sites for hydroxylation is 1. The molecule has 0 aliphatic carbocycles. The molecule has 1 heterocycles. The molecule has 0 fully saturated rings. The van der Waals surface area contributed by atoms with Crippen LogP contribution in [0, 0.1) is 12.7 Å². The molecule has 1 amide bonds. The van der Waals surface area contributed by atoms with Crippen LogP contribution in [-0.4, -0.2) is 16.7 Å². The molecule has 1 aromatic heterocycles. The van der Waals surface area contributed by atoms with Crippen LogP contribution in [0.1, 0.15) is 35.0 Å². The highest BCUT2D eigenvalue weighted by Crippen LogP contribution is 2.20. The maximum atomic E-state index is 13.3. The van der Waals surface area contributed by atoms with Gasteiger partial charge in [-0.25, -0.2) is 9.82 Å². The quantitative estimate of drug-likeness (QED) is 0.671. The minimum absolute atomic E-state index is 0.0919. The third-order valence-corrected chi connectivity index (χ3v) is 3.00. The molecule has 1 aromatic carbocycles. The summed E-state index contributed by atoms with van der Waals surface area (Å²) in [5.74, 6) is -0.524. The zero-order valence-electron chi connectivity index (χ0n) is 11.7. The van der Waals surface area contributed by atoms with Crippen molar-refractivity contribution in [1.29, 1.82) is 0 Å². The van der Waals surface area contributed by atoms with Gasteiger partial charge in [0.25, 0.3) is 5.91 Å². The predicted molar refractivity (Wildman–Crippen MR) is 75.8 cm³/mol. The number of phenolic OH excluding ortho intramolecular Hbond substituents is 1. The van der Waals surface area contributed by atoms with E-state index in [0.717, 1.165) is 6.07 Å². The zero-order chi connectivity index (χ0) is 15.4. The Balaban J connectivity index is 2.23. The number of hydrogen-bond acceptors (Lipinski definition) is 4. The lowest BCUT2D eigenvalue weighted by atomic mass is 10.1. The van der Waals surface area contributed by atoms with E-state index >= 15 is 0 Å². The van der Waals surface area contributed by atoms with Crippen LogP contribution in [0.25, 0.3) is 0 Å². The largest absolute Gasteiger partial charge is 0.507 e. The standard InChI is InChI=1S/C15H15FN2O3/c1-3-13(12-8-10(16)4-5-14(12)19)17-18-15(20)11-6-7-21-9(11)2/h4-8,19H,3H2,1-2H3,(H,18,20)/b17-13+. The molecular formula is C15H15FN2O3. The van der Waals surface area contributed by atoms with E-state index in [1.54, 1.807) is 13.8 Å². The van der Waals surface area contributed by atoms with E-state index in [2.05, 4.69) is 10.5 Å². The number of carbonyl (C=O) groups excluding carboxylic acids is 1. The first-order chi connectivity index (χ1) is 10.0. The number of aromatic hydroxyl groups is 1. The normalized spacial score (nSPS) is 11.5. The fourth-order valence-electron chi connectivity index (χ4n) is 1.87. The lowest BCUT2D eigenvalue weighted by molar-refractivity contribution is 0.0953. The van der Waals surface area contributed by atoms with Crippen molar-refractivity contribution >= 4 is 11.6 Å². The van der Waals surface area contributed by atoms with E-state index in [9.17, 15) is 14.3 Å². The summed E-state index contributed by atoms with van der Waals surface area (Å²) in [5.41, 5.74) is 3.38. The number of hydrazone groups is 1. The molecular weight excluding hydrogens is 275 g/mol. The van der Waals surface area contributed by atoms with Gasteiger partial charge in [0.15, 0.2) is 0 Å². The van der Waals surface area contributed by atoms with E-state index < -0.39 is 11.7 Å². The van der Waals surface area contributed by atoms with Gasteiger partial charge in [0, 0.05) is 5.56 Å². The molecule has 21 heavy (non-hydrogen) atoms. The molecule has 0 saturated heterocycles. The number of phenols is 1. The smallest absolute Gasteiger partial charge is 0.274 e. The van der Waals surface area contributed by atoms with Crippen LogP contribution in [0.3, 0.4) is 0 Å². The number of carbonyl (C=O) groups is 1. The van der Waals surface area contributed by atoms with Gasteiger partial charge >= 0.3 is 0 Å². The van der Waals surface area contributed by atoms with Gasteiger partial charge in [-0.05, 0) is 37.6 Å². The van der Waals surface area contributed by atoms with Gasteiger partial charge in [-0.15, -0.1) is 0 Å². The van der Waals surface area contributed by atoms with E-state index in [-0.39, 0.29) is 11.3 Å². The first kappa shape index (κ1) is 14.8. The third kappa shape index (κ3) is 3.28. The van der Waals surface area contributed by atoms with Crippen molar-refractivity contribution in [3.63, 3.8) is 0 Å². The molecule has 0 aliphatic heterocycles. The summed E-state index contributed by atoms with van der Waals surface area (Å²) >= 11 is 0. The highest BCUT2D eigenvalue weighted by molar-refractivity contribution is 6.04. The third-order valence-electron chi connectivity index (χ3n) is 3.00. The van der Waals surface area contributed by atoms with Crippen LogP contribution < -0.4 is 5.43 Å². The molecule has 0 saturated carbocycles. The van der Waals surface area contributed by atoms with E-state index in [1.165, 1.54) is 24.5 Å². The average molecular weight is 290 g/mol. The first-order valence-corrected chi connectivity index (χ1v) is 6.42. The van der Waals surface area contributed by atoms with Gasteiger partial charge in [0.1, 0.15) is 17.3 Å². The highest BCUT2D eigenvalue weighted by Gasteiger charge is 2.13. The van der Waals surface area contributed by atoms with Crippen molar-refractivity contribution < 1.29 is 18.7 Å². The van der Waals surface area contributed by atoms with Gasteiger partial charge in [-0.1, -0.05) is 6.92 Å². The molecule has 0 bridgehead atoms. The van der Waals surface area contributed by atoms with Gasteiger partial charge in [0.2, 0.25) is 0 Å². The van der Waals surface area contributed by atoms with Crippen molar-refractivity contribution in [2.45, 2.75) is 20.3 Å². The summed E-state index contributed by atoms with van der Waals surface area (Å²) in [7, 11) is 0. The number of amides is 1. The molecule has 0 radical (unpaired) electrons. The summed E-state index contributed by atoms with van der Waals surface area (Å²) in [6.45, 7) is 3.45. The van der Waals surface area contributed by atoms with Crippen molar-refractivity contribution in [3.05, 3.63) is 53.2 Å². The van der Waals surface area contributed by atoms with Crippen LogP contribution >= 0.6 is 0 Å². The molecule has 5 nitrogen and oxygen atoms in total. The second-order valence-electron chi connectivity index (χ2n) is 4.40. The van der Waals surface area contributed by atoms with Crippen LogP contribution in [0.5, 0.6) is 5.75 Å². The average Bonchev–Trinajstić information content (AvgIpc) is 2.89. The van der Waals surface area contributed by atoms with Crippen LogP contribution in [0.4, 0.5) is 4.39 Å². The number of nitrogens with one attached hydrogen (secondary N) is 1. The Hall–Kier alpha value is -2.63. The van der Waals surface area contributed by atoms with E-state index in [1.807, 2.05) is 0 Å². The topological polar surface area (TPSA) is 74.8 Å². The minimum atomic E-state index is -0.485. The maximum Gasteiger partial charge on any atom is 0.274 e. The Bertz CT molecular complexity index is 692. The van der Waals surface area contributed by atoms with Crippen LogP contribution in [-0.2, 0) is 0 Å². The fraction of sp³-hybridized carbons (Fsp3) is 0.200. The Kier molecular flexibility index (Phi) is 4.37. The molecule has 2 N–H and O–H groups in total. The Labute approximate surface area is 121 Å². The van der Waals surface area contributed by atoms with Crippen molar-refractivity contribution in [1.82, 2.24) is 5.43 Å². The van der Waals surface area contributed by atoms with Gasteiger partial charge < -0.3 is 9.52 Å². The molecule has 0 spiro atoms. The number of furan rings is 1. The zero-order valence-corrected chi connectivity index (χ0v) is 11.7. The second kappa shape index (κ2) is 6.21. The van der Waals surface area contributed by atoms with Crippen LogP contribution in [0.2, 0.25) is 0 Å². The number of rotatable bonds is 4. The second-order valence-corrected chi connectivity index (χ2v) is 4.40. The predicted octanol–water partition coefficient (Wildman–Crippen LogP) is 2.98. The van der Waals surface area contributed by atoms with Crippen molar-refractivity contribution in [2.75, 3.05) is 0 Å². The minimum Gasteiger partial charge on any atom is -0.507 e. The molecule has 110 valence electrons. The lowest BCUT2D eigenvalue weighted by Crippen LogP contribution is -2.20. The van der Waals surface area contributed by atoms with Gasteiger partial charge in [-0.2, -0.15) is 5.10 Å². The van der Waals surface area contributed by atoms with Crippen molar-refractivity contribution in [2.24, 2.45) is 5.10 Å². The summed E-state index contributed by atoms with van der Waals surface area (Å²) in [6.07, 6.45) is 1.83. The fourth-order valence-corrected chi connectivity index (χ4v) is 1.87. The lowest BCUT2D eigenvalue weighted by Gasteiger charge is -2.07. The monoisotopic (exact) mass is 290 g/mol. The molecule has 2 aromatic rings. The SMILES string of the molecule is CC/C(=N\NC(=O)c1ccoc1C)c1cc(F)ccc1O. The Morgan fingerprint density at radius 2 is 2.14 bits per heavy atom. The number of halogens is 1. The first-order valence-electron chi connectivity index (χ1n) is 6.42. The summed E-state index contributed by atoms with van der Waals surface area (Å²) < 4.78 is 18.3. The van der Waals surface area contributed by atoms with Gasteiger partial charge in [-0.3, -0.25) is 4.79 Å². The number of benzene rings is 1. The number of nitrogens with zero attached hydrogens (tertiary/aromatic N) is 1. The van der Waals surface area contributed by atoms with Crippen molar-refractivity contribution in [3.8, 4) is 5.75 Å². The summed E-state index contributed by atoms with van der Waals surface area (Å²) in [6, 6.07) is 5.11. The molecule has 0 unspecified atom stereocenters. The Morgan fingerprint density at radius 3 is 2.76 bits per heavy atom. The highest BCUT2D eigenvalue weighted by atomic mass is 19.1. The maximum absolute atomic E-state index is 13.3.